The van der Waals surface area contributed by atoms with Gasteiger partial charge in [0.1, 0.15) is 0 Å². The van der Waals surface area contributed by atoms with Crippen molar-refractivity contribution in [3.05, 3.63) is 0 Å². The third kappa shape index (κ3) is 6.28. The highest BCUT2D eigenvalue weighted by molar-refractivity contribution is 4.90. The van der Waals surface area contributed by atoms with Gasteiger partial charge < -0.3 is 0 Å². The SMILES string of the molecule is C#CCC(C)(C)CCCC(C)C. The Bertz CT molecular complexity index is 146. The average molecular weight is 166 g/mol. The molecule has 12 heavy (non-hydrogen) atoms. The highest BCUT2D eigenvalue weighted by Gasteiger charge is 2.15. The standard InChI is InChI=1S/C12H22/c1-6-9-12(4,5)10-7-8-11(2)3/h1,11H,7-10H2,2-5H3. The molecular formula is C12H22. The van der Waals surface area contributed by atoms with Crippen LogP contribution in [0.5, 0.6) is 0 Å². The van der Waals surface area contributed by atoms with E-state index in [4.69, 9.17) is 6.42 Å². The molecule has 0 aromatic carbocycles. The minimum atomic E-state index is 0.351. The molecule has 0 aromatic heterocycles. The summed E-state index contributed by atoms with van der Waals surface area (Å²) in [7, 11) is 0. The lowest BCUT2D eigenvalue weighted by Gasteiger charge is -2.21. The van der Waals surface area contributed by atoms with Gasteiger partial charge in [-0.2, -0.15) is 0 Å². The Morgan fingerprint density at radius 1 is 1.33 bits per heavy atom. The average Bonchev–Trinajstić information content (AvgIpc) is 1.85. The largest absolute Gasteiger partial charge is 0.120 e. The van der Waals surface area contributed by atoms with Crippen molar-refractivity contribution in [3.8, 4) is 12.3 Å². The molecule has 0 nitrogen and oxygen atoms in total. The fourth-order valence-electron chi connectivity index (χ4n) is 1.35. The minimum Gasteiger partial charge on any atom is -0.120 e. The van der Waals surface area contributed by atoms with E-state index in [0.29, 0.717) is 5.41 Å². The molecule has 0 aliphatic heterocycles. The lowest BCUT2D eigenvalue weighted by atomic mass is 9.83. The number of hydrogen-bond acceptors (Lipinski definition) is 0. The van der Waals surface area contributed by atoms with Crippen LogP contribution in [0.2, 0.25) is 0 Å². The van der Waals surface area contributed by atoms with Crippen LogP contribution in [0.25, 0.3) is 0 Å². The zero-order chi connectivity index (χ0) is 9.61. The third-order valence-electron chi connectivity index (χ3n) is 2.22. The fourth-order valence-corrected chi connectivity index (χ4v) is 1.35. The molecule has 0 heterocycles. The van der Waals surface area contributed by atoms with Gasteiger partial charge in [0, 0.05) is 6.42 Å². The van der Waals surface area contributed by atoms with Crippen molar-refractivity contribution in [1.82, 2.24) is 0 Å². The maximum atomic E-state index is 5.30. The van der Waals surface area contributed by atoms with E-state index >= 15 is 0 Å². The predicted molar refractivity (Wildman–Crippen MR) is 55.9 cm³/mol. The summed E-state index contributed by atoms with van der Waals surface area (Å²) in [6.07, 6.45) is 10.1. The topological polar surface area (TPSA) is 0 Å². The lowest BCUT2D eigenvalue weighted by Crippen LogP contribution is -2.10. The van der Waals surface area contributed by atoms with E-state index in [0.717, 1.165) is 12.3 Å². The molecule has 0 saturated carbocycles. The molecule has 0 heteroatoms. The normalized spacial score (nSPS) is 11.7. The van der Waals surface area contributed by atoms with Crippen LogP contribution in [0.15, 0.2) is 0 Å². The van der Waals surface area contributed by atoms with Crippen molar-refractivity contribution in [3.63, 3.8) is 0 Å². The van der Waals surface area contributed by atoms with Crippen LogP contribution in [0.1, 0.15) is 53.4 Å². The summed E-state index contributed by atoms with van der Waals surface area (Å²) in [5.74, 6) is 3.57. The third-order valence-corrected chi connectivity index (χ3v) is 2.22. The second kappa shape index (κ2) is 5.25. The van der Waals surface area contributed by atoms with Gasteiger partial charge in [-0.15, -0.1) is 12.3 Å². The molecule has 0 radical (unpaired) electrons. The van der Waals surface area contributed by atoms with Crippen LogP contribution < -0.4 is 0 Å². The second-order valence-electron chi connectivity index (χ2n) is 4.83. The van der Waals surface area contributed by atoms with Gasteiger partial charge in [0.2, 0.25) is 0 Å². The Morgan fingerprint density at radius 3 is 2.33 bits per heavy atom. The summed E-state index contributed by atoms with van der Waals surface area (Å²) >= 11 is 0. The minimum absolute atomic E-state index is 0.351. The summed E-state index contributed by atoms with van der Waals surface area (Å²) in [5, 5.41) is 0. The number of terminal acetylenes is 1. The van der Waals surface area contributed by atoms with E-state index in [2.05, 4.69) is 33.6 Å². The molecule has 0 atom stereocenters. The molecule has 0 N–H and O–H groups in total. The summed E-state index contributed by atoms with van der Waals surface area (Å²) in [6.45, 7) is 9.06. The smallest absolute Gasteiger partial charge is 0.0137 e. The number of rotatable bonds is 5. The van der Waals surface area contributed by atoms with E-state index in [1.807, 2.05) is 0 Å². The van der Waals surface area contributed by atoms with E-state index in [-0.39, 0.29) is 0 Å². The fraction of sp³-hybridized carbons (Fsp3) is 0.833. The monoisotopic (exact) mass is 166 g/mol. The van der Waals surface area contributed by atoms with E-state index < -0.39 is 0 Å². The lowest BCUT2D eigenvalue weighted by molar-refractivity contribution is 0.321. The molecule has 0 aliphatic rings. The first-order valence-electron chi connectivity index (χ1n) is 4.91. The summed E-state index contributed by atoms with van der Waals surface area (Å²) < 4.78 is 0. The van der Waals surface area contributed by atoms with Gasteiger partial charge in [-0.3, -0.25) is 0 Å². The zero-order valence-corrected chi connectivity index (χ0v) is 8.98. The first-order valence-corrected chi connectivity index (χ1v) is 4.91. The second-order valence-corrected chi connectivity index (χ2v) is 4.83. The van der Waals surface area contributed by atoms with Crippen LogP contribution in [-0.2, 0) is 0 Å². The van der Waals surface area contributed by atoms with Gasteiger partial charge in [-0.25, -0.2) is 0 Å². The summed E-state index contributed by atoms with van der Waals surface area (Å²) in [6, 6.07) is 0. The van der Waals surface area contributed by atoms with Crippen molar-refractivity contribution < 1.29 is 0 Å². The Morgan fingerprint density at radius 2 is 1.92 bits per heavy atom. The van der Waals surface area contributed by atoms with Gasteiger partial charge in [0.05, 0.1) is 0 Å². The highest BCUT2D eigenvalue weighted by atomic mass is 14.2. The molecule has 0 fully saturated rings. The van der Waals surface area contributed by atoms with Gasteiger partial charge in [0.25, 0.3) is 0 Å². The molecule has 0 aromatic rings. The van der Waals surface area contributed by atoms with Crippen LogP contribution in [0.4, 0.5) is 0 Å². The molecule has 0 unspecified atom stereocenters. The van der Waals surface area contributed by atoms with Crippen LogP contribution in [0.3, 0.4) is 0 Å². The first kappa shape index (κ1) is 11.6. The number of hydrogen-bond donors (Lipinski definition) is 0. The van der Waals surface area contributed by atoms with Crippen molar-refractivity contribution >= 4 is 0 Å². The molecule has 0 saturated heterocycles. The van der Waals surface area contributed by atoms with Crippen LogP contribution >= 0.6 is 0 Å². The van der Waals surface area contributed by atoms with Crippen molar-refractivity contribution in [1.29, 1.82) is 0 Å². The Balaban J connectivity index is 3.55. The predicted octanol–water partition coefficient (Wildman–Crippen LogP) is 3.86. The quantitative estimate of drug-likeness (QED) is 0.544. The van der Waals surface area contributed by atoms with Crippen molar-refractivity contribution in [2.24, 2.45) is 11.3 Å². The van der Waals surface area contributed by atoms with E-state index in [1.54, 1.807) is 0 Å². The highest BCUT2D eigenvalue weighted by Crippen LogP contribution is 2.27. The maximum Gasteiger partial charge on any atom is 0.0137 e. The van der Waals surface area contributed by atoms with Gasteiger partial charge >= 0.3 is 0 Å². The molecule has 70 valence electrons. The Kier molecular flexibility index (Phi) is 5.06. The molecule has 0 amide bonds. The molecule has 0 bridgehead atoms. The molecule has 0 spiro atoms. The Hall–Kier alpha value is -0.440. The maximum absolute atomic E-state index is 5.30. The first-order chi connectivity index (χ1) is 5.48. The van der Waals surface area contributed by atoms with Gasteiger partial charge in [0.15, 0.2) is 0 Å². The van der Waals surface area contributed by atoms with Crippen molar-refractivity contribution in [2.75, 3.05) is 0 Å². The van der Waals surface area contributed by atoms with Gasteiger partial charge in [-0.05, 0) is 17.8 Å². The summed E-state index contributed by atoms with van der Waals surface area (Å²) in [5.41, 5.74) is 0.351. The van der Waals surface area contributed by atoms with Gasteiger partial charge in [-0.1, -0.05) is 40.5 Å². The summed E-state index contributed by atoms with van der Waals surface area (Å²) in [4.78, 5) is 0. The molecular weight excluding hydrogens is 144 g/mol. The van der Waals surface area contributed by atoms with E-state index in [1.165, 1.54) is 19.3 Å². The van der Waals surface area contributed by atoms with Crippen LogP contribution in [0, 0.1) is 23.7 Å². The molecule has 0 rings (SSSR count). The Labute approximate surface area is 77.8 Å². The van der Waals surface area contributed by atoms with Crippen molar-refractivity contribution in [2.45, 2.75) is 53.4 Å². The van der Waals surface area contributed by atoms with E-state index in [9.17, 15) is 0 Å². The molecule has 0 aliphatic carbocycles. The van der Waals surface area contributed by atoms with Crippen LogP contribution in [-0.4, -0.2) is 0 Å². The zero-order valence-electron chi connectivity index (χ0n) is 8.98.